The van der Waals surface area contributed by atoms with Gasteiger partial charge in [-0.05, 0) is 36.8 Å². The Kier molecular flexibility index (Phi) is 8.09. The number of carbonyl (C=O) groups excluding carboxylic acids is 3. The molecule has 7 heteroatoms. The zero-order valence-corrected chi connectivity index (χ0v) is 18.6. The van der Waals surface area contributed by atoms with Crippen LogP contribution < -0.4 is 10.6 Å². The molecule has 1 aromatic heterocycles. The Balaban J connectivity index is 1.45. The van der Waals surface area contributed by atoms with Crippen LogP contribution in [0.15, 0.2) is 30.5 Å². The molecule has 2 unspecified atom stereocenters. The van der Waals surface area contributed by atoms with Crippen LogP contribution in [0.4, 0.5) is 4.79 Å². The largest absolute Gasteiger partial charge is 0.361 e. The molecule has 1 aliphatic rings. The molecule has 7 nitrogen and oxygen atoms in total. The van der Waals surface area contributed by atoms with Crippen LogP contribution in [0.3, 0.4) is 0 Å². The number of hydrogen-bond donors (Lipinski definition) is 3. The van der Waals surface area contributed by atoms with Crippen molar-refractivity contribution in [3.05, 3.63) is 36.0 Å². The first-order chi connectivity index (χ1) is 15.0. The third-order valence-electron chi connectivity index (χ3n) is 6.18. The summed E-state index contributed by atoms with van der Waals surface area (Å²) in [5.41, 5.74) is 2.12. The minimum absolute atomic E-state index is 0.0609. The summed E-state index contributed by atoms with van der Waals surface area (Å²) in [4.78, 5) is 41.7. The molecule has 4 amide bonds. The number of imide groups is 1. The molecule has 1 aliphatic heterocycles. The van der Waals surface area contributed by atoms with Crippen LogP contribution in [-0.2, 0) is 16.0 Å². The molecule has 0 spiro atoms. The molecule has 2 atom stereocenters. The Hall–Kier alpha value is -2.83. The zero-order chi connectivity index (χ0) is 22.2. The SMILES string of the molecule is CCCCC(CC)CNC(=O)CCC1NC(=O)N(CCc2c[nH]c3ccccc23)C1=O. The van der Waals surface area contributed by atoms with E-state index in [9.17, 15) is 14.4 Å². The van der Waals surface area contributed by atoms with E-state index in [2.05, 4.69) is 29.5 Å². The Labute approximate surface area is 183 Å². The van der Waals surface area contributed by atoms with E-state index < -0.39 is 6.04 Å². The summed E-state index contributed by atoms with van der Waals surface area (Å²) in [5.74, 6) is 0.193. The third kappa shape index (κ3) is 5.87. The summed E-state index contributed by atoms with van der Waals surface area (Å²) < 4.78 is 0. The van der Waals surface area contributed by atoms with Crippen LogP contribution in [-0.4, -0.2) is 46.9 Å². The number of nitrogens with one attached hydrogen (secondary N) is 3. The number of para-hydroxylation sites is 1. The minimum Gasteiger partial charge on any atom is -0.361 e. The van der Waals surface area contributed by atoms with Crippen molar-refractivity contribution in [3.63, 3.8) is 0 Å². The van der Waals surface area contributed by atoms with Gasteiger partial charge in [0.15, 0.2) is 0 Å². The van der Waals surface area contributed by atoms with Crippen LogP contribution in [0.2, 0.25) is 0 Å². The van der Waals surface area contributed by atoms with E-state index in [1.807, 2.05) is 30.5 Å². The van der Waals surface area contributed by atoms with Crippen molar-refractivity contribution in [2.45, 2.75) is 64.8 Å². The van der Waals surface area contributed by atoms with E-state index in [1.54, 1.807) is 0 Å². The Morgan fingerprint density at radius 3 is 2.81 bits per heavy atom. The lowest BCUT2D eigenvalue weighted by atomic mass is 9.99. The van der Waals surface area contributed by atoms with Crippen LogP contribution in [0.25, 0.3) is 10.9 Å². The Morgan fingerprint density at radius 2 is 2.03 bits per heavy atom. The van der Waals surface area contributed by atoms with Gasteiger partial charge in [-0.15, -0.1) is 0 Å². The first-order valence-corrected chi connectivity index (χ1v) is 11.5. The molecule has 168 valence electrons. The number of nitrogens with zero attached hydrogens (tertiary/aromatic N) is 1. The number of hydrogen-bond acceptors (Lipinski definition) is 3. The normalized spacial score (nSPS) is 17.2. The smallest absolute Gasteiger partial charge is 0.324 e. The van der Waals surface area contributed by atoms with Gasteiger partial charge in [-0.2, -0.15) is 0 Å². The van der Waals surface area contributed by atoms with Crippen LogP contribution in [0, 0.1) is 5.92 Å². The number of aromatic nitrogens is 1. The van der Waals surface area contributed by atoms with Crippen LogP contribution in [0.1, 0.15) is 57.9 Å². The molecule has 1 aromatic carbocycles. The second kappa shape index (κ2) is 11.0. The number of amides is 4. The molecule has 0 radical (unpaired) electrons. The topological polar surface area (TPSA) is 94.3 Å². The predicted molar refractivity (Wildman–Crippen MR) is 122 cm³/mol. The molecule has 1 fully saturated rings. The van der Waals surface area contributed by atoms with Crippen molar-refractivity contribution < 1.29 is 14.4 Å². The lowest BCUT2D eigenvalue weighted by Crippen LogP contribution is -2.34. The fourth-order valence-electron chi connectivity index (χ4n) is 4.12. The molecule has 2 heterocycles. The standard InChI is InChI=1S/C24H34N4O3/c1-3-5-8-17(4-2)15-26-22(29)12-11-21-23(30)28(24(31)27-21)14-13-18-16-25-20-10-7-6-9-19(18)20/h6-7,9-10,16-17,21,25H,3-5,8,11-15H2,1-2H3,(H,26,29)(H,27,31). The van der Waals surface area contributed by atoms with E-state index in [-0.39, 0.29) is 24.3 Å². The van der Waals surface area contributed by atoms with Gasteiger partial charge in [0.2, 0.25) is 5.91 Å². The molecular formula is C24H34N4O3. The van der Waals surface area contributed by atoms with Gasteiger partial charge in [-0.1, -0.05) is 51.3 Å². The summed E-state index contributed by atoms with van der Waals surface area (Å²) in [6.07, 6.45) is 7.57. The fourth-order valence-corrected chi connectivity index (χ4v) is 4.12. The molecule has 31 heavy (non-hydrogen) atoms. The van der Waals surface area contributed by atoms with Crippen molar-refractivity contribution in [2.24, 2.45) is 5.92 Å². The molecule has 0 aliphatic carbocycles. The summed E-state index contributed by atoms with van der Waals surface area (Å²) in [6.45, 7) is 5.31. The minimum atomic E-state index is -0.622. The first kappa shape index (κ1) is 22.8. The molecule has 0 bridgehead atoms. The lowest BCUT2D eigenvalue weighted by Gasteiger charge is -2.16. The number of H-pyrrole nitrogens is 1. The number of carbonyl (C=O) groups is 3. The Bertz CT molecular complexity index is 907. The predicted octanol–water partition coefficient (Wildman–Crippen LogP) is 3.74. The lowest BCUT2D eigenvalue weighted by molar-refractivity contribution is -0.127. The van der Waals surface area contributed by atoms with E-state index >= 15 is 0 Å². The van der Waals surface area contributed by atoms with Gasteiger partial charge in [0.05, 0.1) is 0 Å². The summed E-state index contributed by atoms with van der Waals surface area (Å²) in [6, 6.07) is 6.97. The van der Waals surface area contributed by atoms with Gasteiger partial charge in [0.1, 0.15) is 6.04 Å². The van der Waals surface area contributed by atoms with E-state index in [0.29, 0.717) is 31.8 Å². The van der Waals surface area contributed by atoms with Crippen LogP contribution in [0.5, 0.6) is 0 Å². The van der Waals surface area contributed by atoms with Gasteiger partial charge < -0.3 is 15.6 Å². The van der Waals surface area contributed by atoms with E-state index in [1.165, 1.54) is 11.3 Å². The van der Waals surface area contributed by atoms with Gasteiger partial charge in [0, 0.05) is 36.6 Å². The number of benzene rings is 1. The maximum absolute atomic E-state index is 12.7. The second-order valence-corrected chi connectivity index (χ2v) is 8.36. The molecule has 2 aromatic rings. The average Bonchev–Trinajstić information content (AvgIpc) is 3.31. The van der Waals surface area contributed by atoms with E-state index in [0.717, 1.165) is 35.7 Å². The van der Waals surface area contributed by atoms with Crippen molar-refractivity contribution in [1.29, 1.82) is 0 Å². The zero-order valence-electron chi connectivity index (χ0n) is 18.6. The molecular weight excluding hydrogens is 392 g/mol. The quantitative estimate of drug-likeness (QED) is 0.451. The monoisotopic (exact) mass is 426 g/mol. The van der Waals surface area contributed by atoms with Gasteiger partial charge in [-0.3, -0.25) is 14.5 Å². The highest BCUT2D eigenvalue weighted by molar-refractivity contribution is 6.04. The second-order valence-electron chi connectivity index (χ2n) is 8.36. The van der Waals surface area contributed by atoms with E-state index in [4.69, 9.17) is 0 Å². The third-order valence-corrected chi connectivity index (χ3v) is 6.18. The number of unbranched alkanes of at least 4 members (excludes halogenated alkanes) is 1. The average molecular weight is 427 g/mol. The van der Waals surface area contributed by atoms with Crippen molar-refractivity contribution >= 4 is 28.7 Å². The number of aromatic amines is 1. The number of rotatable bonds is 12. The number of urea groups is 1. The van der Waals surface area contributed by atoms with Crippen LogP contribution >= 0.6 is 0 Å². The van der Waals surface area contributed by atoms with Crippen molar-refractivity contribution in [1.82, 2.24) is 20.5 Å². The summed E-state index contributed by atoms with van der Waals surface area (Å²) in [7, 11) is 0. The molecule has 1 saturated heterocycles. The summed E-state index contributed by atoms with van der Waals surface area (Å²) in [5, 5.41) is 6.82. The molecule has 3 N–H and O–H groups in total. The number of fused-ring (bicyclic) bond motifs is 1. The highest BCUT2D eigenvalue weighted by Gasteiger charge is 2.37. The highest BCUT2D eigenvalue weighted by Crippen LogP contribution is 2.20. The highest BCUT2D eigenvalue weighted by atomic mass is 16.2. The summed E-state index contributed by atoms with van der Waals surface area (Å²) >= 11 is 0. The van der Waals surface area contributed by atoms with Crippen molar-refractivity contribution in [2.75, 3.05) is 13.1 Å². The maximum Gasteiger partial charge on any atom is 0.324 e. The maximum atomic E-state index is 12.7. The Morgan fingerprint density at radius 1 is 1.23 bits per heavy atom. The molecule has 3 rings (SSSR count). The first-order valence-electron chi connectivity index (χ1n) is 11.5. The van der Waals surface area contributed by atoms with Crippen molar-refractivity contribution in [3.8, 4) is 0 Å². The van der Waals surface area contributed by atoms with Gasteiger partial charge in [0.25, 0.3) is 5.91 Å². The van der Waals surface area contributed by atoms with Gasteiger partial charge >= 0.3 is 6.03 Å². The molecule has 0 saturated carbocycles. The fraction of sp³-hybridized carbons (Fsp3) is 0.542. The van der Waals surface area contributed by atoms with Gasteiger partial charge in [-0.25, -0.2) is 4.79 Å².